The highest BCUT2D eigenvalue weighted by molar-refractivity contribution is 14.1. The van der Waals surface area contributed by atoms with E-state index < -0.39 is 0 Å². The molecule has 1 aliphatic heterocycles. The van der Waals surface area contributed by atoms with Crippen LogP contribution in [0.3, 0.4) is 0 Å². The van der Waals surface area contributed by atoms with Crippen molar-refractivity contribution in [1.82, 2.24) is 9.80 Å². The molecule has 0 unspecified atom stereocenters. The molecule has 24 heavy (non-hydrogen) atoms. The molecular weight excluding hydrogens is 437 g/mol. The van der Waals surface area contributed by atoms with Gasteiger partial charge < -0.3 is 15.1 Å². The molecule has 1 N–H and O–H groups in total. The Morgan fingerprint density at radius 3 is 2.58 bits per heavy atom. The molecule has 1 fully saturated rings. The summed E-state index contributed by atoms with van der Waals surface area (Å²) in [5, 5.41) is 4.74. The maximum Gasteiger partial charge on any atom is 0.265 e. The van der Waals surface area contributed by atoms with Gasteiger partial charge in [0.2, 0.25) is 0 Å². The van der Waals surface area contributed by atoms with Gasteiger partial charge in [0, 0.05) is 29.7 Å². The Labute approximate surface area is 158 Å². The predicted octanol–water partition coefficient (Wildman–Crippen LogP) is 2.99. The minimum Gasteiger partial charge on any atom is -0.336 e. The molecule has 0 atom stereocenters. The Morgan fingerprint density at radius 2 is 1.92 bits per heavy atom. The lowest BCUT2D eigenvalue weighted by molar-refractivity contribution is 0.0665. The number of thiophene rings is 1. The third-order valence-corrected chi connectivity index (χ3v) is 5.54. The van der Waals surface area contributed by atoms with E-state index in [4.69, 9.17) is 0 Å². The summed E-state index contributed by atoms with van der Waals surface area (Å²) in [5.74, 6) is -0.207. The number of nitrogens with zero attached hydrogens (tertiary/aromatic N) is 2. The number of hydrogen-bond acceptors (Lipinski definition) is 4. The van der Waals surface area contributed by atoms with Gasteiger partial charge in [-0.25, -0.2) is 0 Å². The molecule has 2 aromatic rings. The summed E-state index contributed by atoms with van der Waals surface area (Å²) in [6.45, 7) is 3.15. The van der Waals surface area contributed by atoms with Gasteiger partial charge in [-0.1, -0.05) is 6.07 Å². The zero-order valence-electron chi connectivity index (χ0n) is 13.3. The van der Waals surface area contributed by atoms with Crippen LogP contribution in [0, 0.1) is 3.57 Å². The van der Waals surface area contributed by atoms with Crippen molar-refractivity contribution in [3.8, 4) is 0 Å². The Balaban J connectivity index is 1.83. The van der Waals surface area contributed by atoms with E-state index in [-0.39, 0.29) is 11.8 Å². The van der Waals surface area contributed by atoms with Crippen LogP contribution in [-0.2, 0) is 0 Å². The van der Waals surface area contributed by atoms with Crippen molar-refractivity contribution in [2.24, 2.45) is 0 Å². The summed E-state index contributed by atoms with van der Waals surface area (Å²) in [6, 6.07) is 9.14. The third-order valence-electron chi connectivity index (χ3n) is 4.00. The standard InChI is InChI=1S/C17H18IN3O2S/c1-20-6-8-21(9-7-20)17(23)13-11-12(18)4-5-14(13)19-16(22)15-3-2-10-24-15/h2-5,10-11H,6-9H2,1H3,(H,19,22). The van der Waals surface area contributed by atoms with Crippen LogP contribution in [0.5, 0.6) is 0 Å². The molecule has 1 aliphatic rings. The number of carbonyl (C=O) groups excluding carboxylic acids is 2. The van der Waals surface area contributed by atoms with Crippen molar-refractivity contribution in [1.29, 1.82) is 0 Å². The predicted molar refractivity (Wildman–Crippen MR) is 105 cm³/mol. The maximum atomic E-state index is 12.9. The van der Waals surface area contributed by atoms with Gasteiger partial charge in [-0.2, -0.15) is 0 Å². The van der Waals surface area contributed by atoms with Crippen molar-refractivity contribution in [3.05, 3.63) is 49.7 Å². The fourth-order valence-corrected chi connectivity index (χ4v) is 3.68. The van der Waals surface area contributed by atoms with Gasteiger partial charge in [-0.3, -0.25) is 9.59 Å². The first kappa shape index (κ1) is 17.4. The molecule has 1 saturated heterocycles. The van der Waals surface area contributed by atoms with Gasteiger partial charge in [-0.05, 0) is 59.3 Å². The van der Waals surface area contributed by atoms with Crippen LogP contribution in [0.2, 0.25) is 0 Å². The van der Waals surface area contributed by atoms with Crippen LogP contribution in [0.1, 0.15) is 20.0 Å². The number of carbonyl (C=O) groups is 2. The van der Waals surface area contributed by atoms with Crippen LogP contribution in [0.4, 0.5) is 5.69 Å². The highest BCUT2D eigenvalue weighted by Gasteiger charge is 2.23. The van der Waals surface area contributed by atoms with Crippen LogP contribution in [-0.4, -0.2) is 54.8 Å². The number of nitrogens with one attached hydrogen (secondary N) is 1. The van der Waals surface area contributed by atoms with Crippen LogP contribution in [0.15, 0.2) is 35.7 Å². The fraction of sp³-hybridized carbons (Fsp3) is 0.294. The zero-order chi connectivity index (χ0) is 17.1. The molecule has 126 valence electrons. The fourth-order valence-electron chi connectivity index (χ4n) is 2.57. The highest BCUT2D eigenvalue weighted by atomic mass is 127. The van der Waals surface area contributed by atoms with Crippen molar-refractivity contribution >= 4 is 51.4 Å². The minimum absolute atomic E-state index is 0.0249. The van der Waals surface area contributed by atoms with Gasteiger partial charge in [-0.15, -0.1) is 11.3 Å². The highest BCUT2D eigenvalue weighted by Crippen LogP contribution is 2.23. The maximum absolute atomic E-state index is 12.9. The molecule has 2 heterocycles. The topological polar surface area (TPSA) is 52.6 Å². The first-order valence-corrected chi connectivity index (χ1v) is 9.62. The molecule has 0 spiro atoms. The molecule has 0 aliphatic carbocycles. The Hall–Kier alpha value is -1.45. The normalized spacial score (nSPS) is 15.3. The van der Waals surface area contributed by atoms with E-state index in [1.807, 2.05) is 28.5 Å². The quantitative estimate of drug-likeness (QED) is 0.725. The third kappa shape index (κ3) is 3.96. The number of hydrogen-bond donors (Lipinski definition) is 1. The van der Waals surface area contributed by atoms with E-state index in [0.29, 0.717) is 29.2 Å². The largest absolute Gasteiger partial charge is 0.336 e. The van der Waals surface area contributed by atoms with E-state index in [2.05, 4.69) is 39.9 Å². The number of piperazine rings is 1. The van der Waals surface area contributed by atoms with Crippen molar-refractivity contribution in [2.75, 3.05) is 38.5 Å². The minimum atomic E-state index is -0.182. The number of likely N-dealkylation sites (N-methyl/N-ethyl adjacent to an activating group) is 1. The Kier molecular flexibility index (Phi) is 5.52. The first-order valence-electron chi connectivity index (χ1n) is 7.67. The summed E-state index contributed by atoms with van der Waals surface area (Å²) < 4.78 is 0.971. The van der Waals surface area contributed by atoms with E-state index in [1.54, 1.807) is 12.1 Å². The summed E-state index contributed by atoms with van der Waals surface area (Å²) in [6.07, 6.45) is 0. The van der Waals surface area contributed by atoms with Crippen LogP contribution < -0.4 is 5.32 Å². The molecule has 5 nitrogen and oxygen atoms in total. The van der Waals surface area contributed by atoms with Gasteiger partial charge in [0.05, 0.1) is 16.1 Å². The average Bonchev–Trinajstić information content (AvgIpc) is 3.11. The lowest BCUT2D eigenvalue weighted by Crippen LogP contribution is -2.47. The van der Waals surface area contributed by atoms with Gasteiger partial charge in [0.1, 0.15) is 0 Å². The first-order chi connectivity index (χ1) is 11.5. The van der Waals surface area contributed by atoms with Crippen LogP contribution >= 0.6 is 33.9 Å². The zero-order valence-corrected chi connectivity index (χ0v) is 16.3. The molecular formula is C17H18IN3O2S. The van der Waals surface area contributed by atoms with Gasteiger partial charge in [0.25, 0.3) is 11.8 Å². The lowest BCUT2D eigenvalue weighted by Gasteiger charge is -2.32. The van der Waals surface area contributed by atoms with E-state index >= 15 is 0 Å². The number of rotatable bonds is 3. The Morgan fingerprint density at radius 1 is 1.17 bits per heavy atom. The number of halogens is 1. The second-order valence-electron chi connectivity index (χ2n) is 5.72. The molecule has 7 heteroatoms. The second-order valence-corrected chi connectivity index (χ2v) is 7.91. The molecule has 1 aromatic carbocycles. The summed E-state index contributed by atoms with van der Waals surface area (Å²) in [5.41, 5.74) is 1.12. The van der Waals surface area contributed by atoms with Gasteiger partial charge in [0.15, 0.2) is 0 Å². The molecule has 3 rings (SSSR count). The molecule has 0 radical (unpaired) electrons. The van der Waals surface area contributed by atoms with Gasteiger partial charge >= 0.3 is 0 Å². The number of benzene rings is 1. The number of anilines is 1. The smallest absolute Gasteiger partial charge is 0.265 e. The monoisotopic (exact) mass is 455 g/mol. The van der Waals surface area contributed by atoms with Crippen LogP contribution in [0.25, 0.3) is 0 Å². The molecule has 2 amide bonds. The average molecular weight is 455 g/mol. The molecule has 0 saturated carbocycles. The van der Waals surface area contributed by atoms with Crippen molar-refractivity contribution in [3.63, 3.8) is 0 Å². The summed E-state index contributed by atoms with van der Waals surface area (Å²) >= 11 is 3.57. The van der Waals surface area contributed by atoms with Crippen molar-refractivity contribution in [2.45, 2.75) is 0 Å². The van der Waals surface area contributed by atoms with E-state index in [9.17, 15) is 9.59 Å². The SMILES string of the molecule is CN1CCN(C(=O)c2cc(I)ccc2NC(=O)c2cccs2)CC1. The molecule has 1 aromatic heterocycles. The van der Waals surface area contributed by atoms with E-state index in [0.717, 1.165) is 16.7 Å². The Bertz CT molecular complexity index is 740. The second kappa shape index (κ2) is 7.62. The summed E-state index contributed by atoms with van der Waals surface area (Å²) in [7, 11) is 2.06. The summed E-state index contributed by atoms with van der Waals surface area (Å²) in [4.78, 5) is 29.9. The van der Waals surface area contributed by atoms with E-state index in [1.165, 1.54) is 11.3 Å². The lowest BCUT2D eigenvalue weighted by atomic mass is 10.1. The van der Waals surface area contributed by atoms with Crippen molar-refractivity contribution < 1.29 is 9.59 Å². The molecule has 0 bridgehead atoms. The number of amides is 2.